The van der Waals surface area contributed by atoms with Crippen LogP contribution in [0.1, 0.15) is 32.2 Å². The van der Waals surface area contributed by atoms with E-state index < -0.39 is 0 Å². The minimum Gasteiger partial charge on any atom is -0.396 e. The number of aromatic nitrogens is 2. The molecule has 5 heteroatoms. The zero-order valence-corrected chi connectivity index (χ0v) is 12.6. The minimum atomic E-state index is 0.210. The van der Waals surface area contributed by atoms with Gasteiger partial charge in [-0.05, 0) is 42.6 Å². The van der Waals surface area contributed by atoms with Crippen LogP contribution in [0.5, 0.6) is 0 Å². The maximum Gasteiger partial charge on any atom is 0.0739 e. The maximum absolute atomic E-state index is 9.10. The molecule has 2 atom stereocenters. The minimum absolute atomic E-state index is 0.210. The fourth-order valence-corrected chi connectivity index (χ4v) is 2.08. The second-order valence-electron chi connectivity index (χ2n) is 4.49. The van der Waals surface area contributed by atoms with Crippen LogP contribution in [-0.4, -0.2) is 27.5 Å². The van der Waals surface area contributed by atoms with E-state index in [1.165, 1.54) is 5.69 Å². The number of nitrogens with one attached hydrogen (secondary N) is 1. The summed E-state index contributed by atoms with van der Waals surface area (Å²) in [4.78, 5) is 0. The van der Waals surface area contributed by atoms with Crippen LogP contribution in [0.3, 0.4) is 0 Å². The molecule has 17 heavy (non-hydrogen) atoms. The summed E-state index contributed by atoms with van der Waals surface area (Å²) in [5, 5.41) is 17.0. The molecular weight excluding hydrogens is 282 g/mol. The molecule has 2 N–H and O–H groups in total. The number of nitrogens with zero attached hydrogens (tertiary/aromatic N) is 2. The van der Waals surface area contributed by atoms with Gasteiger partial charge in [0, 0.05) is 25.7 Å². The molecule has 1 aromatic heterocycles. The molecule has 0 saturated heterocycles. The molecule has 98 valence electrons. The highest BCUT2D eigenvalue weighted by Crippen LogP contribution is 2.21. The Morgan fingerprint density at radius 2 is 2.12 bits per heavy atom. The Kier molecular flexibility index (Phi) is 5.62. The standard InChI is InChI=1S/C12H22BrN3O/c1-5-16-11(12(13)10(4)15-16)6-14-9(3)8(2)7-17/h8-9,14,17H,5-7H2,1-4H3. The van der Waals surface area contributed by atoms with E-state index in [0.29, 0.717) is 0 Å². The summed E-state index contributed by atoms with van der Waals surface area (Å²) in [6.07, 6.45) is 0. The second kappa shape index (κ2) is 6.52. The summed E-state index contributed by atoms with van der Waals surface area (Å²) in [7, 11) is 0. The van der Waals surface area contributed by atoms with Gasteiger partial charge in [-0.25, -0.2) is 0 Å². The van der Waals surface area contributed by atoms with Crippen molar-refractivity contribution in [1.29, 1.82) is 0 Å². The van der Waals surface area contributed by atoms with Crippen molar-refractivity contribution >= 4 is 15.9 Å². The van der Waals surface area contributed by atoms with Crippen molar-refractivity contribution in [3.8, 4) is 0 Å². The van der Waals surface area contributed by atoms with Crippen molar-refractivity contribution in [2.75, 3.05) is 6.61 Å². The quantitative estimate of drug-likeness (QED) is 0.846. The lowest BCUT2D eigenvalue weighted by Crippen LogP contribution is -2.34. The molecular formula is C12H22BrN3O. The summed E-state index contributed by atoms with van der Waals surface area (Å²) in [5.74, 6) is 0.257. The Balaban J connectivity index is 2.68. The smallest absolute Gasteiger partial charge is 0.0739 e. The average molecular weight is 304 g/mol. The van der Waals surface area contributed by atoms with Gasteiger partial charge in [0.2, 0.25) is 0 Å². The lowest BCUT2D eigenvalue weighted by Gasteiger charge is -2.19. The van der Waals surface area contributed by atoms with E-state index in [1.807, 2.05) is 18.5 Å². The average Bonchev–Trinajstić information content (AvgIpc) is 2.61. The Hall–Kier alpha value is -0.390. The first kappa shape index (κ1) is 14.7. The van der Waals surface area contributed by atoms with E-state index in [0.717, 1.165) is 23.3 Å². The van der Waals surface area contributed by atoms with Gasteiger partial charge in [0.1, 0.15) is 0 Å². The van der Waals surface area contributed by atoms with Crippen LogP contribution in [0.2, 0.25) is 0 Å². The molecule has 0 radical (unpaired) electrons. The van der Waals surface area contributed by atoms with Crippen molar-refractivity contribution in [3.05, 3.63) is 15.9 Å². The van der Waals surface area contributed by atoms with Crippen LogP contribution in [0.15, 0.2) is 4.47 Å². The van der Waals surface area contributed by atoms with Gasteiger partial charge < -0.3 is 10.4 Å². The number of aryl methyl sites for hydroxylation is 2. The zero-order valence-electron chi connectivity index (χ0n) is 11.0. The summed E-state index contributed by atoms with van der Waals surface area (Å²) >= 11 is 3.57. The van der Waals surface area contributed by atoms with Crippen molar-refractivity contribution in [1.82, 2.24) is 15.1 Å². The molecule has 0 bridgehead atoms. The molecule has 1 heterocycles. The Labute approximate surface area is 112 Å². The van der Waals surface area contributed by atoms with Crippen LogP contribution in [0.4, 0.5) is 0 Å². The molecule has 0 saturated carbocycles. The van der Waals surface area contributed by atoms with Gasteiger partial charge in [-0.1, -0.05) is 6.92 Å². The van der Waals surface area contributed by atoms with Gasteiger partial charge >= 0.3 is 0 Å². The molecule has 0 aliphatic carbocycles. The molecule has 0 fully saturated rings. The van der Waals surface area contributed by atoms with Crippen LogP contribution < -0.4 is 5.32 Å². The predicted octanol–water partition coefficient (Wildman–Crippen LogP) is 2.08. The lowest BCUT2D eigenvalue weighted by molar-refractivity contribution is 0.206. The first-order valence-electron chi connectivity index (χ1n) is 6.07. The normalized spacial score (nSPS) is 14.9. The molecule has 2 unspecified atom stereocenters. The van der Waals surface area contributed by atoms with Crippen LogP contribution in [0.25, 0.3) is 0 Å². The summed E-state index contributed by atoms with van der Waals surface area (Å²) in [6.45, 7) is 10.1. The number of aliphatic hydroxyl groups is 1. The van der Waals surface area contributed by atoms with Gasteiger partial charge in [0.05, 0.1) is 15.9 Å². The molecule has 4 nitrogen and oxygen atoms in total. The largest absolute Gasteiger partial charge is 0.396 e. The summed E-state index contributed by atoms with van der Waals surface area (Å²) in [6, 6.07) is 0.285. The predicted molar refractivity (Wildman–Crippen MR) is 72.9 cm³/mol. The number of hydrogen-bond donors (Lipinski definition) is 2. The summed E-state index contributed by atoms with van der Waals surface area (Å²) in [5.41, 5.74) is 2.19. The van der Waals surface area contributed by atoms with Crippen LogP contribution >= 0.6 is 15.9 Å². The Morgan fingerprint density at radius 1 is 1.47 bits per heavy atom. The molecule has 0 aliphatic heterocycles. The monoisotopic (exact) mass is 303 g/mol. The van der Waals surface area contributed by atoms with Gasteiger partial charge in [-0.15, -0.1) is 0 Å². The molecule has 1 rings (SSSR count). The van der Waals surface area contributed by atoms with Gasteiger partial charge in [0.25, 0.3) is 0 Å². The number of hydrogen-bond acceptors (Lipinski definition) is 3. The highest BCUT2D eigenvalue weighted by molar-refractivity contribution is 9.10. The topological polar surface area (TPSA) is 50.1 Å². The molecule has 1 aromatic rings. The number of rotatable bonds is 6. The maximum atomic E-state index is 9.10. The van der Waals surface area contributed by atoms with Crippen molar-refractivity contribution in [3.63, 3.8) is 0 Å². The van der Waals surface area contributed by atoms with Gasteiger partial charge in [0.15, 0.2) is 0 Å². The summed E-state index contributed by atoms with van der Waals surface area (Å²) < 4.78 is 3.08. The molecule has 0 spiro atoms. The third-order valence-electron chi connectivity index (χ3n) is 3.19. The third-order valence-corrected chi connectivity index (χ3v) is 4.22. The van der Waals surface area contributed by atoms with Crippen LogP contribution in [-0.2, 0) is 13.1 Å². The first-order valence-corrected chi connectivity index (χ1v) is 6.86. The van der Waals surface area contributed by atoms with Gasteiger partial charge in [-0.3, -0.25) is 4.68 Å². The highest BCUT2D eigenvalue weighted by atomic mass is 79.9. The SMILES string of the molecule is CCn1nc(C)c(Br)c1CNC(C)C(C)CO. The number of halogens is 1. The van der Waals surface area contributed by atoms with E-state index in [2.05, 4.69) is 40.2 Å². The Morgan fingerprint density at radius 3 is 2.65 bits per heavy atom. The lowest BCUT2D eigenvalue weighted by atomic mass is 10.1. The first-order chi connectivity index (χ1) is 8.01. The third kappa shape index (κ3) is 3.53. The van der Waals surface area contributed by atoms with E-state index >= 15 is 0 Å². The second-order valence-corrected chi connectivity index (χ2v) is 5.28. The van der Waals surface area contributed by atoms with Crippen molar-refractivity contribution in [2.24, 2.45) is 5.92 Å². The van der Waals surface area contributed by atoms with Crippen LogP contribution in [0, 0.1) is 12.8 Å². The zero-order chi connectivity index (χ0) is 13.0. The van der Waals surface area contributed by atoms with Crippen molar-refractivity contribution < 1.29 is 5.11 Å². The fourth-order valence-electron chi connectivity index (χ4n) is 1.65. The highest BCUT2D eigenvalue weighted by Gasteiger charge is 2.15. The Bertz CT molecular complexity index is 365. The van der Waals surface area contributed by atoms with Gasteiger partial charge in [-0.2, -0.15) is 5.10 Å². The van der Waals surface area contributed by atoms with Crippen molar-refractivity contribution in [2.45, 2.75) is 46.8 Å². The number of aliphatic hydroxyl groups excluding tert-OH is 1. The van der Waals surface area contributed by atoms with E-state index in [-0.39, 0.29) is 18.6 Å². The van der Waals surface area contributed by atoms with E-state index in [1.54, 1.807) is 0 Å². The molecule has 0 amide bonds. The fraction of sp³-hybridized carbons (Fsp3) is 0.750. The molecule has 0 aromatic carbocycles. The van der Waals surface area contributed by atoms with E-state index in [9.17, 15) is 0 Å². The molecule has 0 aliphatic rings. The van der Waals surface area contributed by atoms with E-state index in [4.69, 9.17) is 5.11 Å².